The summed E-state index contributed by atoms with van der Waals surface area (Å²) in [6, 6.07) is 10.6. The standard InChI is InChI=1S/C16H22N2O2/c1-20-12-16(7-8-16)15(19)18-10-9-17-14(11-18)13-5-3-2-4-6-13/h2-6,14,17H,7-12H2,1H3/t14-/m0/s1. The molecule has 1 aliphatic heterocycles. The molecular weight excluding hydrogens is 252 g/mol. The highest BCUT2D eigenvalue weighted by Crippen LogP contribution is 2.47. The SMILES string of the molecule is COCC1(C(=O)N2CCN[C@H](c3ccccc3)C2)CC1. The highest BCUT2D eigenvalue weighted by molar-refractivity contribution is 5.85. The van der Waals surface area contributed by atoms with E-state index < -0.39 is 0 Å². The van der Waals surface area contributed by atoms with E-state index >= 15 is 0 Å². The fourth-order valence-electron chi connectivity index (χ4n) is 3.03. The van der Waals surface area contributed by atoms with Gasteiger partial charge in [0.05, 0.1) is 12.0 Å². The highest BCUT2D eigenvalue weighted by atomic mass is 16.5. The maximum atomic E-state index is 12.7. The van der Waals surface area contributed by atoms with Crippen LogP contribution in [0, 0.1) is 5.41 Å². The number of hydrogen-bond donors (Lipinski definition) is 1. The zero-order valence-corrected chi connectivity index (χ0v) is 12.0. The Hall–Kier alpha value is -1.39. The number of piperazine rings is 1. The summed E-state index contributed by atoms with van der Waals surface area (Å²) in [4.78, 5) is 14.7. The molecule has 1 aromatic rings. The van der Waals surface area contributed by atoms with Crippen molar-refractivity contribution in [1.29, 1.82) is 0 Å². The van der Waals surface area contributed by atoms with E-state index in [1.807, 2.05) is 23.1 Å². The third kappa shape index (κ3) is 2.58. The number of carbonyl (C=O) groups excluding carboxylic acids is 1. The van der Waals surface area contributed by atoms with E-state index in [9.17, 15) is 4.79 Å². The van der Waals surface area contributed by atoms with Gasteiger partial charge in [0.2, 0.25) is 5.91 Å². The zero-order chi connectivity index (χ0) is 14.0. The van der Waals surface area contributed by atoms with E-state index in [0.29, 0.717) is 6.61 Å². The Morgan fingerprint density at radius 2 is 2.15 bits per heavy atom. The van der Waals surface area contributed by atoms with Gasteiger partial charge in [0, 0.05) is 32.8 Å². The number of hydrogen-bond acceptors (Lipinski definition) is 3. The van der Waals surface area contributed by atoms with Crippen LogP contribution in [0.15, 0.2) is 30.3 Å². The van der Waals surface area contributed by atoms with Crippen molar-refractivity contribution in [2.24, 2.45) is 5.41 Å². The van der Waals surface area contributed by atoms with Gasteiger partial charge in [-0.15, -0.1) is 0 Å². The molecule has 20 heavy (non-hydrogen) atoms. The second-order valence-electron chi connectivity index (χ2n) is 5.88. The monoisotopic (exact) mass is 274 g/mol. The van der Waals surface area contributed by atoms with Gasteiger partial charge >= 0.3 is 0 Å². The average molecular weight is 274 g/mol. The molecule has 4 nitrogen and oxygen atoms in total. The Labute approximate surface area is 120 Å². The number of nitrogens with one attached hydrogen (secondary N) is 1. The number of rotatable bonds is 4. The van der Waals surface area contributed by atoms with Crippen LogP contribution in [-0.4, -0.2) is 44.2 Å². The molecule has 0 radical (unpaired) electrons. The molecule has 1 amide bonds. The topological polar surface area (TPSA) is 41.6 Å². The molecule has 108 valence electrons. The molecule has 1 saturated heterocycles. The number of methoxy groups -OCH3 is 1. The minimum Gasteiger partial charge on any atom is -0.384 e. The smallest absolute Gasteiger partial charge is 0.231 e. The molecule has 1 N–H and O–H groups in total. The first kappa shape index (κ1) is 13.6. The number of amides is 1. The maximum Gasteiger partial charge on any atom is 0.231 e. The molecule has 2 aliphatic rings. The van der Waals surface area contributed by atoms with Crippen LogP contribution < -0.4 is 5.32 Å². The molecule has 0 unspecified atom stereocenters. The lowest BCUT2D eigenvalue weighted by Crippen LogP contribution is -2.51. The minimum absolute atomic E-state index is 0.215. The van der Waals surface area contributed by atoms with Gasteiger partial charge in [-0.2, -0.15) is 0 Å². The largest absolute Gasteiger partial charge is 0.384 e. The lowest BCUT2D eigenvalue weighted by Gasteiger charge is -2.36. The first-order valence-corrected chi connectivity index (χ1v) is 7.32. The molecule has 1 atom stereocenters. The summed E-state index contributed by atoms with van der Waals surface area (Å²) in [7, 11) is 1.68. The van der Waals surface area contributed by atoms with Crippen LogP contribution in [-0.2, 0) is 9.53 Å². The summed E-state index contributed by atoms with van der Waals surface area (Å²) in [5.41, 5.74) is 1.04. The second-order valence-corrected chi connectivity index (χ2v) is 5.88. The summed E-state index contributed by atoms with van der Waals surface area (Å²) in [6.07, 6.45) is 1.94. The first-order chi connectivity index (χ1) is 9.75. The van der Waals surface area contributed by atoms with Gasteiger partial charge in [-0.3, -0.25) is 4.79 Å². The summed E-state index contributed by atoms with van der Waals surface area (Å²) in [5.74, 6) is 0.279. The molecule has 0 spiro atoms. The van der Waals surface area contributed by atoms with Crippen molar-refractivity contribution in [1.82, 2.24) is 10.2 Å². The van der Waals surface area contributed by atoms with E-state index in [1.165, 1.54) is 5.56 Å². The van der Waals surface area contributed by atoms with Crippen LogP contribution >= 0.6 is 0 Å². The van der Waals surface area contributed by atoms with Crippen molar-refractivity contribution >= 4 is 5.91 Å². The van der Waals surface area contributed by atoms with Crippen molar-refractivity contribution < 1.29 is 9.53 Å². The Bertz CT molecular complexity index is 471. The van der Waals surface area contributed by atoms with Crippen LogP contribution in [0.2, 0.25) is 0 Å². The van der Waals surface area contributed by atoms with E-state index in [-0.39, 0.29) is 17.4 Å². The van der Waals surface area contributed by atoms with E-state index in [2.05, 4.69) is 17.4 Å². The van der Waals surface area contributed by atoms with Gasteiger partial charge in [0.15, 0.2) is 0 Å². The minimum atomic E-state index is -0.215. The van der Waals surface area contributed by atoms with Crippen LogP contribution in [0.5, 0.6) is 0 Å². The fourth-order valence-corrected chi connectivity index (χ4v) is 3.03. The van der Waals surface area contributed by atoms with Crippen LogP contribution in [0.25, 0.3) is 0 Å². The molecule has 0 aromatic heterocycles. The number of nitrogens with zero attached hydrogens (tertiary/aromatic N) is 1. The third-order valence-electron chi connectivity index (χ3n) is 4.39. The van der Waals surface area contributed by atoms with Crippen molar-refractivity contribution in [3.8, 4) is 0 Å². The van der Waals surface area contributed by atoms with Gasteiger partial charge in [0.1, 0.15) is 0 Å². The zero-order valence-electron chi connectivity index (χ0n) is 12.0. The predicted molar refractivity (Wildman–Crippen MR) is 77.3 cm³/mol. The van der Waals surface area contributed by atoms with Crippen LogP contribution in [0.4, 0.5) is 0 Å². The van der Waals surface area contributed by atoms with E-state index in [4.69, 9.17) is 4.74 Å². The summed E-state index contributed by atoms with van der Waals surface area (Å²) in [5, 5.41) is 3.50. The molecule has 1 aromatic carbocycles. The molecule has 2 fully saturated rings. The molecule has 3 rings (SSSR count). The molecule has 4 heteroatoms. The second kappa shape index (κ2) is 5.54. The van der Waals surface area contributed by atoms with Gasteiger partial charge in [-0.25, -0.2) is 0 Å². The number of benzene rings is 1. The lowest BCUT2D eigenvalue weighted by molar-refractivity contribution is -0.140. The summed E-state index contributed by atoms with van der Waals surface area (Å²) >= 11 is 0. The first-order valence-electron chi connectivity index (χ1n) is 7.32. The molecular formula is C16H22N2O2. The molecule has 1 heterocycles. The predicted octanol–water partition coefficient (Wildman–Crippen LogP) is 1.59. The number of ether oxygens (including phenoxy) is 1. The van der Waals surface area contributed by atoms with Crippen LogP contribution in [0.3, 0.4) is 0 Å². The summed E-state index contributed by atoms with van der Waals surface area (Å²) in [6.45, 7) is 2.97. The number of carbonyl (C=O) groups is 1. The quantitative estimate of drug-likeness (QED) is 0.906. The summed E-state index contributed by atoms with van der Waals surface area (Å²) < 4.78 is 5.23. The van der Waals surface area contributed by atoms with Crippen molar-refractivity contribution in [2.75, 3.05) is 33.4 Å². The van der Waals surface area contributed by atoms with Crippen LogP contribution in [0.1, 0.15) is 24.4 Å². The fraction of sp³-hybridized carbons (Fsp3) is 0.562. The Morgan fingerprint density at radius 1 is 1.40 bits per heavy atom. The highest BCUT2D eigenvalue weighted by Gasteiger charge is 2.52. The van der Waals surface area contributed by atoms with Gasteiger partial charge in [-0.1, -0.05) is 30.3 Å². The van der Waals surface area contributed by atoms with Gasteiger partial charge < -0.3 is 15.0 Å². The van der Waals surface area contributed by atoms with Gasteiger partial charge in [-0.05, 0) is 18.4 Å². The molecule has 1 aliphatic carbocycles. The lowest BCUT2D eigenvalue weighted by atomic mass is 10.0. The molecule has 0 bridgehead atoms. The van der Waals surface area contributed by atoms with E-state index in [0.717, 1.165) is 32.5 Å². The molecule has 1 saturated carbocycles. The maximum absolute atomic E-state index is 12.7. The third-order valence-corrected chi connectivity index (χ3v) is 4.39. The Kier molecular flexibility index (Phi) is 3.76. The normalized spacial score (nSPS) is 24.4. The van der Waals surface area contributed by atoms with Crippen molar-refractivity contribution in [2.45, 2.75) is 18.9 Å². The van der Waals surface area contributed by atoms with Gasteiger partial charge in [0.25, 0.3) is 0 Å². The Balaban J connectivity index is 1.68. The van der Waals surface area contributed by atoms with Crippen molar-refractivity contribution in [3.05, 3.63) is 35.9 Å². The Morgan fingerprint density at radius 3 is 2.80 bits per heavy atom. The average Bonchev–Trinajstić information content (AvgIpc) is 3.29. The van der Waals surface area contributed by atoms with Crippen molar-refractivity contribution in [3.63, 3.8) is 0 Å². The van der Waals surface area contributed by atoms with E-state index in [1.54, 1.807) is 7.11 Å².